The second-order valence-corrected chi connectivity index (χ2v) is 5.05. The fraction of sp³-hybridized carbons (Fsp3) is 0.133. The molecule has 19 heavy (non-hydrogen) atoms. The van der Waals surface area contributed by atoms with Crippen LogP contribution in [0.1, 0.15) is 5.56 Å². The van der Waals surface area contributed by atoms with Crippen LogP contribution in [0.15, 0.2) is 36.4 Å². The molecule has 1 aliphatic heterocycles. The summed E-state index contributed by atoms with van der Waals surface area (Å²) in [6.45, 7) is 0.769. The summed E-state index contributed by atoms with van der Waals surface area (Å²) in [5.74, 6) is 1.83. The molecule has 94 valence electrons. The molecule has 0 bridgehead atoms. The number of fused-ring (bicyclic) bond motifs is 2. The van der Waals surface area contributed by atoms with Crippen molar-refractivity contribution in [2.24, 2.45) is 0 Å². The first-order valence-electron chi connectivity index (χ1n) is 6.21. The number of nitrogens with one attached hydrogen (secondary N) is 1. The fourth-order valence-corrected chi connectivity index (χ4v) is 2.68. The van der Waals surface area contributed by atoms with E-state index in [1.165, 1.54) is 5.56 Å². The molecule has 0 atom stereocenters. The molecule has 4 heteroatoms. The number of ether oxygens (including phenoxy) is 1. The Bertz CT molecular complexity index is 779. The first kappa shape index (κ1) is 10.9. The normalized spacial score (nSPS) is 13.5. The largest absolute Gasteiger partial charge is 0.493 e. The number of H-pyrrole nitrogens is 1. The van der Waals surface area contributed by atoms with Gasteiger partial charge in [0.2, 0.25) is 0 Å². The van der Waals surface area contributed by atoms with E-state index >= 15 is 0 Å². The molecule has 4 rings (SSSR count). The number of nitrogens with zero attached hydrogens (tertiary/aromatic N) is 1. The van der Waals surface area contributed by atoms with Crippen LogP contribution in [0.5, 0.6) is 5.75 Å². The minimum Gasteiger partial charge on any atom is -0.493 e. The summed E-state index contributed by atoms with van der Waals surface area (Å²) in [6.07, 6.45) is 0.962. The van der Waals surface area contributed by atoms with Crippen molar-refractivity contribution in [3.63, 3.8) is 0 Å². The highest BCUT2D eigenvalue weighted by molar-refractivity contribution is 6.34. The summed E-state index contributed by atoms with van der Waals surface area (Å²) in [5.41, 5.74) is 4.08. The number of hydrogen-bond donors (Lipinski definition) is 1. The minimum atomic E-state index is 0.671. The Morgan fingerprint density at radius 3 is 3.05 bits per heavy atom. The summed E-state index contributed by atoms with van der Waals surface area (Å²) in [4.78, 5) is 7.89. The van der Waals surface area contributed by atoms with Gasteiger partial charge in [-0.3, -0.25) is 0 Å². The molecular formula is C15H11ClN2O. The highest BCUT2D eigenvalue weighted by atomic mass is 35.5. The molecule has 0 fully saturated rings. The first-order chi connectivity index (χ1) is 9.31. The van der Waals surface area contributed by atoms with Gasteiger partial charge < -0.3 is 9.72 Å². The summed E-state index contributed by atoms with van der Waals surface area (Å²) >= 11 is 6.15. The number of hydrogen-bond acceptors (Lipinski definition) is 2. The van der Waals surface area contributed by atoms with Crippen molar-refractivity contribution in [2.75, 3.05) is 6.61 Å². The highest BCUT2D eigenvalue weighted by Gasteiger charge is 2.14. The van der Waals surface area contributed by atoms with E-state index in [2.05, 4.69) is 16.0 Å². The predicted molar refractivity (Wildman–Crippen MR) is 75.7 cm³/mol. The van der Waals surface area contributed by atoms with Gasteiger partial charge in [0.05, 0.1) is 17.1 Å². The zero-order chi connectivity index (χ0) is 12.8. The fourth-order valence-electron chi connectivity index (χ4n) is 2.47. The number of halogens is 1. The summed E-state index contributed by atoms with van der Waals surface area (Å²) < 4.78 is 5.52. The molecule has 0 unspecified atom stereocenters. The Balaban J connectivity index is 1.88. The monoisotopic (exact) mass is 270 g/mol. The zero-order valence-corrected chi connectivity index (χ0v) is 10.9. The van der Waals surface area contributed by atoms with Crippen LogP contribution in [0, 0.1) is 0 Å². The van der Waals surface area contributed by atoms with Crippen molar-refractivity contribution < 1.29 is 4.74 Å². The Morgan fingerprint density at radius 2 is 2.16 bits per heavy atom. The Hall–Kier alpha value is -2.00. The summed E-state index contributed by atoms with van der Waals surface area (Å²) in [7, 11) is 0. The number of aromatic nitrogens is 2. The van der Waals surface area contributed by atoms with E-state index in [1.807, 2.05) is 30.3 Å². The van der Waals surface area contributed by atoms with E-state index < -0.39 is 0 Å². The van der Waals surface area contributed by atoms with Gasteiger partial charge in [-0.15, -0.1) is 0 Å². The van der Waals surface area contributed by atoms with Crippen LogP contribution < -0.4 is 4.74 Å². The second-order valence-electron chi connectivity index (χ2n) is 4.64. The van der Waals surface area contributed by atoms with Gasteiger partial charge in [-0.25, -0.2) is 4.98 Å². The van der Waals surface area contributed by atoms with Crippen molar-refractivity contribution >= 4 is 22.6 Å². The number of aromatic amines is 1. The maximum Gasteiger partial charge on any atom is 0.138 e. The molecule has 0 radical (unpaired) electrons. The van der Waals surface area contributed by atoms with Gasteiger partial charge in [0.25, 0.3) is 0 Å². The molecule has 2 aromatic carbocycles. The standard InChI is InChI=1S/C15H11ClN2O/c16-11-2-1-3-12-14(11)18-15(17-12)10-4-5-13-9(8-10)6-7-19-13/h1-5,8H,6-7H2,(H,17,18). The van der Waals surface area contributed by atoms with Gasteiger partial charge in [-0.1, -0.05) is 17.7 Å². The Labute approximate surface area is 115 Å². The summed E-state index contributed by atoms with van der Waals surface area (Å²) in [5, 5.41) is 0.671. The topological polar surface area (TPSA) is 37.9 Å². The highest BCUT2D eigenvalue weighted by Crippen LogP contribution is 2.31. The SMILES string of the molecule is Clc1cccc2[nH]c(-c3ccc4c(c3)CCO4)nc12. The predicted octanol–water partition coefficient (Wildman–Crippen LogP) is 3.82. The third-order valence-corrected chi connectivity index (χ3v) is 3.73. The lowest BCUT2D eigenvalue weighted by Gasteiger charge is -2.01. The number of rotatable bonds is 1. The number of para-hydroxylation sites is 1. The third kappa shape index (κ3) is 1.70. The lowest BCUT2D eigenvalue weighted by molar-refractivity contribution is 0.357. The minimum absolute atomic E-state index is 0.671. The molecule has 1 aliphatic rings. The molecule has 0 spiro atoms. The van der Waals surface area contributed by atoms with Gasteiger partial charge in [-0.2, -0.15) is 0 Å². The first-order valence-corrected chi connectivity index (χ1v) is 6.59. The van der Waals surface area contributed by atoms with Gasteiger partial charge >= 0.3 is 0 Å². The van der Waals surface area contributed by atoms with Crippen LogP contribution in [0.25, 0.3) is 22.4 Å². The van der Waals surface area contributed by atoms with Gasteiger partial charge in [0.15, 0.2) is 0 Å². The smallest absolute Gasteiger partial charge is 0.138 e. The van der Waals surface area contributed by atoms with Crippen LogP contribution >= 0.6 is 11.6 Å². The van der Waals surface area contributed by atoms with Crippen molar-refractivity contribution in [2.45, 2.75) is 6.42 Å². The maximum absolute atomic E-state index is 6.15. The van der Waals surface area contributed by atoms with E-state index in [4.69, 9.17) is 16.3 Å². The maximum atomic E-state index is 6.15. The molecule has 1 aromatic heterocycles. The number of benzene rings is 2. The van der Waals surface area contributed by atoms with E-state index in [-0.39, 0.29) is 0 Å². The van der Waals surface area contributed by atoms with Crippen molar-refractivity contribution in [3.05, 3.63) is 47.0 Å². The molecule has 1 N–H and O–H groups in total. The third-order valence-electron chi connectivity index (χ3n) is 3.43. The average molecular weight is 271 g/mol. The zero-order valence-electron chi connectivity index (χ0n) is 10.1. The van der Waals surface area contributed by atoms with Crippen LogP contribution in [0.3, 0.4) is 0 Å². The van der Waals surface area contributed by atoms with Crippen molar-refractivity contribution in [1.82, 2.24) is 9.97 Å². The van der Waals surface area contributed by atoms with E-state index in [1.54, 1.807) is 0 Å². The molecular weight excluding hydrogens is 260 g/mol. The van der Waals surface area contributed by atoms with Crippen molar-refractivity contribution in [3.8, 4) is 17.1 Å². The van der Waals surface area contributed by atoms with E-state index in [0.29, 0.717) is 5.02 Å². The van der Waals surface area contributed by atoms with Crippen LogP contribution in [-0.4, -0.2) is 16.6 Å². The Kier molecular flexibility index (Phi) is 2.29. The summed E-state index contributed by atoms with van der Waals surface area (Å²) in [6, 6.07) is 11.9. The van der Waals surface area contributed by atoms with Crippen LogP contribution in [0.2, 0.25) is 5.02 Å². The quantitative estimate of drug-likeness (QED) is 0.730. The van der Waals surface area contributed by atoms with E-state index in [9.17, 15) is 0 Å². The van der Waals surface area contributed by atoms with Crippen LogP contribution in [-0.2, 0) is 6.42 Å². The Morgan fingerprint density at radius 1 is 1.21 bits per heavy atom. The molecule has 0 saturated heterocycles. The van der Waals surface area contributed by atoms with Gasteiger partial charge in [0, 0.05) is 12.0 Å². The molecule has 3 nitrogen and oxygen atoms in total. The number of imidazole rings is 1. The van der Waals surface area contributed by atoms with Crippen LogP contribution in [0.4, 0.5) is 0 Å². The van der Waals surface area contributed by atoms with E-state index in [0.717, 1.165) is 41.2 Å². The molecule has 0 saturated carbocycles. The van der Waals surface area contributed by atoms with Gasteiger partial charge in [0.1, 0.15) is 17.1 Å². The molecule has 0 amide bonds. The lowest BCUT2D eigenvalue weighted by Crippen LogP contribution is -1.85. The van der Waals surface area contributed by atoms with Gasteiger partial charge in [-0.05, 0) is 35.9 Å². The molecule has 0 aliphatic carbocycles. The molecule has 2 heterocycles. The molecule has 3 aromatic rings. The van der Waals surface area contributed by atoms with Crippen molar-refractivity contribution in [1.29, 1.82) is 0 Å². The lowest BCUT2D eigenvalue weighted by atomic mass is 10.1. The second kappa shape index (κ2) is 4.00. The average Bonchev–Trinajstić information content (AvgIpc) is 3.04.